The number of hydrogen-bond donors (Lipinski definition) is 0. The van der Waals surface area contributed by atoms with E-state index in [0.29, 0.717) is 29.8 Å². The van der Waals surface area contributed by atoms with Crippen LogP contribution < -0.4 is 4.74 Å². The average Bonchev–Trinajstić information content (AvgIpc) is 3.20. The van der Waals surface area contributed by atoms with E-state index in [1.807, 2.05) is 0 Å². The highest BCUT2D eigenvalue weighted by atomic mass is 19.4. The zero-order chi connectivity index (χ0) is 25.6. The van der Waals surface area contributed by atoms with Gasteiger partial charge in [-0.15, -0.1) is 0 Å². The number of piperidine rings is 1. The number of rotatable bonds is 5. The van der Waals surface area contributed by atoms with Gasteiger partial charge in [0, 0.05) is 19.2 Å². The van der Waals surface area contributed by atoms with Crippen LogP contribution in [0.2, 0.25) is 0 Å². The average molecular weight is 499 g/mol. The standard InChI is InChI=1S/C25H30F4N2O4/c1-16-11-17(5-6-19(16)33-14-23(2,3)26)22(32)31-10-8-24(21(13-31)34-15-35-24)20-12-18(25(27,28)29)7-9-30(20)4/h5-7,9,11-12,20-21H,8,10,13-15H2,1-4H3/t20?,21?,24-/m1/s1. The zero-order valence-corrected chi connectivity index (χ0v) is 20.2. The van der Waals surface area contributed by atoms with E-state index in [1.54, 1.807) is 42.0 Å². The van der Waals surface area contributed by atoms with Crippen molar-refractivity contribution in [3.63, 3.8) is 0 Å². The molecular weight excluding hydrogens is 468 g/mol. The molecule has 3 aliphatic rings. The molecule has 3 aliphatic heterocycles. The second kappa shape index (κ2) is 9.13. The highest BCUT2D eigenvalue weighted by Gasteiger charge is 2.56. The first kappa shape index (κ1) is 25.5. The highest BCUT2D eigenvalue weighted by molar-refractivity contribution is 5.94. The number of carbonyl (C=O) groups is 1. The van der Waals surface area contributed by atoms with E-state index in [1.165, 1.54) is 26.1 Å². The molecule has 0 N–H and O–H groups in total. The van der Waals surface area contributed by atoms with Gasteiger partial charge in [-0.3, -0.25) is 4.79 Å². The van der Waals surface area contributed by atoms with E-state index in [2.05, 4.69) is 0 Å². The monoisotopic (exact) mass is 498 g/mol. The fourth-order valence-corrected chi connectivity index (χ4v) is 4.79. The summed E-state index contributed by atoms with van der Waals surface area (Å²) >= 11 is 0. The lowest BCUT2D eigenvalue weighted by Gasteiger charge is -2.48. The molecule has 192 valence electrons. The molecular formula is C25H30F4N2O4. The third-order valence-electron chi connectivity index (χ3n) is 6.67. The Hall–Kier alpha value is -2.59. The Morgan fingerprint density at radius 1 is 1.26 bits per heavy atom. The SMILES string of the molecule is Cc1cc(C(=O)N2CC[C@]3(C4C=C(C(F)(F)F)C=CN4C)OCOC3C2)ccc1OCC(C)(C)F. The van der Waals surface area contributed by atoms with Gasteiger partial charge in [-0.25, -0.2) is 4.39 Å². The fourth-order valence-electron chi connectivity index (χ4n) is 4.79. The van der Waals surface area contributed by atoms with Crippen molar-refractivity contribution in [1.82, 2.24) is 9.80 Å². The number of fused-ring (bicyclic) bond motifs is 1. The molecule has 1 aromatic carbocycles. The Morgan fingerprint density at radius 2 is 2.00 bits per heavy atom. The molecule has 10 heteroatoms. The molecule has 3 atom stereocenters. The number of likely N-dealkylation sites (N-methyl/N-ethyl adjacent to an activating group) is 1. The van der Waals surface area contributed by atoms with Crippen LogP contribution in [0, 0.1) is 6.92 Å². The van der Waals surface area contributed by atoms with Gasteiger partial charge in [0.1, 0.15) is 36.5 Å². The van der Waals surface area contributed by atoms with Crippen LogP contribution in [0.1, 0.15) is 36.2 Å². The van der Waals surface area contributed by atoms with Gasteiger partial charge in [-0.2, -0.15) is 13.2 Å². The summed E-state index contributed by atoms with van der Waals surface area (Å²) in [6.07, 6.45) is -1.11. The van der Waals surface area contributed by atoms with Gasteiger partial charge in [-0.1, -0.05) is 0 Å². The summed E-state index contributed by atoms with van der Waals surface area (Å²) < 4.78 is 71.2. The van der Waals surface area contributed by atoms with E-state index < -0.39 is 35.2 Å². The third-order valence-corrected chi connectivity index (χ3v) is 6.67. The molecule has 0 saturated carbocycles. The molecule has 2 saturated heterocycles. The molecule has 4 rings (SSSR count). The van der Waals surface area contributed by atoms with Crippen molar-refractivity contribution < 1.29 is 36.6 Å². The molecule has 2 fully saturated rings. The number of alkyl halides is 4. The highest BCUT2D eigenvalue weighted by Crippen LogP contribution is 2.42. The van der Waals surface area contributed by atoms with Crippen molar-refractivity contribution in [3.8, 4) is 5.75 Å². The largest absolute Gasteiger partial charge is 0.490 e. The number of benzene rings is 1. The van der Waals surface area contributed by atoms with Gasteiger partial charge < -0.3 is 24.0 Å². The molecule has 0 bridgehead atoms. The molecule has 2 unspecified atom stereocenters. The van der Waals surface area contributed by atoms with Crippen LogP contribution in [0.15, 0.2) is 42.1 Å². The third kappa shape index (κ3) is 5.18. The van der Waals surface area contributed by atoms with Crippen LogP contribution in [0.5, 0.6) is 5.75 Å². The first-order valence-electron chi connectivity index (χ1n) is 11.5. The Bertz CT molecular complexity index is 1030. The lowest BCUT2D eigenvalue weighted by atomic mass is 9.79. The molecule has 0 spiro atoms. The smallest absolute Gasteiger partial charge is 0.416 e. The van der Waals surface area contributed by atoms with Crippen LogP contribution in [-0.2, 0) is 9.47 Å². The summed E-state index contributed by atoms with van der Waals surface area (Å²) in [6.45, 7) is 4.96. The molecule has 3 heterocycles. The van der Waals surface area contributed by atoms with E-state index >= 15 is 0 Å². The second-order valence-corrected chi connectivity index (χ2v) is 9.91. The number of likely N-dealkylation sites (tertiary alicyclic amines) is 1. The second-order valence-electron chi connectivity index (χ2n) is 9.91. The van der Waals surface area contributed by atoms with Gasteiger partial charge in [0.25, 0.3) is 5.91 Å². The van der Waals surface area contributed by atoms with Crippen LogP contribution in [0.4, 0.5) is 17.6 Å². The summed E-state index contributed by atoms with van der Waals surface area (Å²) in [4.78, 5) is 16.6. The minimum absolute atomic E-state index is 0.0496. The number of carbonyl (C=O) groups excluding carboxylic acids is 1. The molecule has 1 amide bonds. The minimum Gasteiger partial charge on any atom is -0.490 e. The Balaban J connectivity index is 1.50. The number of allylic oxidation sites excluding steroid dienone is 2. The maximum atomic E-state index is 13.8. The van der Waals surface area contributed by atoms with Gasteiger partial charge in [0.15, 0.2) is 0 Å². The summed E-state index contributed by atoms with van der Waals surface area (Å²) in [7, 11) is 1.70. The summed E-state index contributed by atoms with van der Waals surface area (Å²) in [5.41, 5.74) is -2.07. The summed E-state index contributed by atoms with van der Waals surface area (Å²) in [6, 6.07) is 4.27. The maximum Gasteiger partial charge on any atom is 0.416 e. The molecule has 6 nitrogen and oxygen atoms in total. The minimum atomic E-state index is -4.47. The van der Waals surface area contributed by atoms with E-state index in [4.69, 9.17) is 14.2 Å². The first-order valence-corrected chi connectivity index (χ1v) is 11.5. The number of ether oxygens (including phenoxy) is 3. The summed E-state index contributed by atoms with van der Waals surface area (Å²) in [5, 5.41) is 0. The molecule has 0 radical (unpaired) electrons. The van der Waals surface area contributed by atoms with Gasteiger partial charge >= 0.3 is 6.18 Å². The fraction of sp³-hybridized carbons (Fsp3) is 0.560. The van der Waals surface area contributed by atoms with E-state index in [0.717, 1.165) is 6.08 Å². The molecule has 1 aromatic rings. The number of halogens is 4. The Labute approximate surface area is 202 Å². The lowest BCUT2D eigenvalue weighted by molar-refractivity contribution is -0.0946. The lowest BCUT2D eigenvalue weighted by Crippen LogP contribution is -2.63. The van der Waals surface area contributed by atoms with Crippen molar-refractivity contribution in [1.29, 1.82) is 0 Å². The number of aryl methyl sites for hydroxylation is 1. The van der Waals surface area contributed by atoms with Crippen molar-refractivity contribution in [2.75, 3.05) is 33.5 Å². The maximum absolute atomic E-state index is 13.8. The Kier molecular flexibility index (Phi) is 6.65. The van der Waals surface area contributed by atoms with Gasteiger partial charge in [0.2, 0.25) is 0 Å². The molecule has 0 aliphatic carbocycles. The molecule has 0 aromatic heterocycles. The van der Waals surface area contributed by atoms with Gasteiger partial charge in [-0.05, 0) is 69.3 Å². The number of hydrogen-bond acceptors (Lipinski definition) is 5. The number of nitrogens with zero attached hydrogens (tertiary/aromatic N) is 2. The van der Waals surface area contributed by atoms with Crippen molar-refractivity contribution in [2.45, 2.75) is 56.8 Å². The van der Waals surface area contributed by atoms with Gasteiger partial charge in [0.05, 0.1) is 18.2 Å². The zero-order valence-electron chi connectivity index (χ0n) is 20.2. The van der Waals surface area contributed by atoms with Crippen LogP contribution >= 0.6 is 0 Å². The van der Waals surface area contributed by atoms with Crippen molar-refractivity contribution in [2.24, 2.45) is 0 Å². The Morgan fingerprint density at radius 3 is 2.66 bits per heavy atom. The predicted octanol–water partition coefficient (Wildman–Crippen LogP) is 4.40. The topological polar surface area (TPSA) is 51.2 Å². The molecule has 35 heavy (non-hydrogen) atoms. The van der Waals surface area contributed by atoms with Crippen molar-refractivity contribution >= 4 is 5.91 Å². The quantitative estimate of drug-likeness (QED) is 0.564. The predicted molar refractivity (Wildman–Crippen MR) is 121 cm³/mol. The summed E-state index contributed by atoms with van der Waals surface area (Å²) in [5.74, 6) is 0.274. The van der Waals surface area contributed by atoms with Crippen LogP contribution in [-0.4, -0.2) is 78.8 Å². The number of amides is 1. The normalized spacial score (nSPS) is 27.0. The van der Waals surface area contributed by atoms with E-state index in [9.17, 15) is 22.4 Å². The van der Waals surface area contributed by atoms with Crippen LogP contribution in [0.3, 0.4) is 0 Å². The first-order chi connectivity index (χ1) is 16.3. The van der Waals surface area contributed by atoms with Crippen molar-refractivity contribution in [3.05, 3.63) is 53.3 Å². The van der Waals surface area contributed by atoms with E-state index in [-0.39, 0.29) is 25.9 Å². The van der Waals surface area contributed by atoms with Crippen LogP contribution in [0.25, 0.3) is 0 Å².